The van der Waals surface area contributed by atoms with Crippen LogP contribution in [-0.4, -0.2) is 113 Å². The van der Waals surface area contributed by atoms with E-state index in [1.807, 2.05) is 0 Å². The van der Waals surface area contributed by atoms with E-state index in [4.69, 9.17) is 56.6 Å². The van der Waals surface area contributed by atoms with Crippen LogP contribution in [0.15, 0.2) is 0 Å². The van der Waals surface area contributed by atoms with Crippen LogP contribution in [0.4, 0.5) is 0 Å². The van der Waals surface area contributed by atoms with Crippen molar-refractivity contribution in [3.05, 3.63) is 20.1 Å². The molecule has 0 heterocycles. The van der Waals surface area contributed by atoms with E-state index < -0.39 is 11.5 Å². The van der Waals surface area contributed by atoms with Gasteiger partial charge < -0.3 is 10.2 Å². The Hall–Kier alpha value is 3.25. The molecule has 0 aliphatic heterocycles. The Balaban J connectivity index is 0. The summed E-state index contributed by atoms with van der Waals surface area (Å²) in [6.45, 7) is 0. The maximum absolute atomic E-state index is 9.15. The van der Waals surface area contributed by atoms with Crippen LogP contribution in [0.5, 0.6) is 11.5 Å². The van der Waals surface area contributed by atoms with Gasteiger partial charge in [-0.15, -0.1) is 0 Å². The smallest absolute Gasteiger partial charge is 0.156 e. The van der Waals surface area contributed by atoms with Crippen LogP contribution >= 0.6 is 46.4 Å². The van der Waals surface area contributed by atoms with Crippen molar-refractivity contribution in [2.45, 2.75) is 0 Å². The minimum absolute atomic E-state index is 0. The molecule has 2 radical (unpaired) electrons. The third-order valence-electron chi connectivity index (χ3n) is 1.22. The van der Waals surface area contributed by atoms with Crippen molar-refractivity contribution in [3.8, 4) is 11.5 Å². The molecule has 14 heavy (non-hydrogen) atoms. The van der Waals surface area contributed by atoms with Gasteiger partial charge >= 0.3 is 0 Å². The first-order chi connectivity index (χ1) is 5.46. The van der Waals surface area contributed by atoms with Crippen molar-refractivity contribution in [1.29, 1.82) is 0 Å². The first-order valence-corrected chi connectivity index (χ1v) is 4.22. The fourth-order valence-corrected chi connectivity index (χ4v) is 1.44. The molecule has 1 aromatic carbocycles. The minimum Gasteiger partial charge on any atom is -0.505 e. The van der Waals surface area contributed by atoms with Gasteiger partial charge in [0.05, 0.1) is 0 Å². The minimum atomic E-state index is -0.439. The average molecular weight is 326 g/mol. The number of phenols is 2. The second kappa shape index (κ2) is 8.37. The first-order valence-electron chi connectivity index (χ1n) is 2.70. The van der Waals surface area contributed by atoms with E-state index in [9.17, 15) is 0 Å². The first kappa shape index (κ1) is 19.6. The zero-order chi connectivity index (χ0) is 9.46. The fraction of sp³-hybridized carbons (Fsp3) is 0. The van der Waals surface area contributed by atoms with Gasteiger partial charge in [0.15, 0.2) is 11.5 Å². The zero-order valence-corrected chi connectivity index (χ0v) is 16.7. The molecule has 0 bridgehead atoms. The van der Waals surface area contributed by atoms with E-state index in [-0.39, 0.29) is 123 Å². The van der Waals surface area contributed by atoms with Crippen LogP contribution in [0.1, 0.15) is 0 Å². The quantitative estimate of drug-likeness (QED) is 0.437. The monoisotopic (exact) mass is 324 g/mol. The average Bonchev–Trinajstić information content (AvgIpc) is 2.08. The Labute approximate surface area is 186 Å². The molecule has 1 aromatic rings. The summed E-state index contributed by atoms with van der Waals surface area (Å²) in [5.41, 5.74) is 0. The molecule has 2 nitrogen and oxygen atoms in total. The molecular weight excluding hydrogens is 324 g/mol. The SMILES string of the molecule is Oc1c(Cl)c(Cl)c(O)c(Cl)c1Cl.[K].[K]. The van der Waals surface area contributed by atoms with Crippen LogP contribution in [0.3, 0.4) is 0 Å². The molecule has 0 fully saturated rings. The van der Waals surface area contributed by atoms with Gasteiger partial charge in [0.2, 0.25) is 0 Å². The molecule has 0 atom stereocenters. The van der Waals surface area contributed by atoms with Crippen LogP contribution in [-0.2, 0) is 0 Å². The summed E-state index contributed by atoms with van der Waals surface area (Å²) >= 11 is 21.9. The maximum Gasteiger partial charge on any atom is 0.156 e. The number of hydrogen-bond donors (Lipinski definition) is 2. The topological polar surface area (TPSA) is 40.5 Å². The third-order valence-corrected chi connectivity index (χ3v) is 2.88. The summed E-state index contributed by atoms with van der Waals surface area (Å²) in [5, 5.41) is 17.4. The van der Waals surface area contributed by atoms with E-state index in [1.54, 1.807) is 0 Å². The van der Waals surface area contributed by atoms with Crippen LogP contribution in [0.2, 0.25) is 20.1 Å². The number of hydrogen-bond acceptors (Lipinski definition) is 2. The number of halogens is 4. The van der Waals surface area contributed by atoms with E-state index in [0.717, 1.165) is 0 Å². The van der Waals surface area contributed by atoms with E-state index >= 15 is 0 Å². The van der Waals surface area contributed by atoms with Gasteiger partial charge in [-0.25, -0.2) is 0 Å². The third kappa shape index (κ3) is 4.17. The summed E-state index contributed by atoms with van der Waals surface area (Å²) in [4.78, 5) is 0. The van der Waals surface area contributed by atoms with Gasteiger partial charge in [0.1, 0.15) is 20.1 Å². The van der Waals surface area contributed by atoms with E-state index in [0.29, 0.717) is 0 Å². The molecule has 8 heteroatoms. The zero-order valence-electron chi connectivity index (χ0n) is 7.41. The molecular formula is C6H2Cl4K2O2. The maximum atomic E-state index is 9.15. The van der Waals surface area contributed by atoms with Crippen LogP contribution < -0.4 is 0 Å². The molecule has 0 saturated carbocycles. The van der Waals surface area contributed by atoms with Crippen molar-refractivity contribution in [3.63, 3.8) is 0 Å². The van der Waals surface area contributed by atoms with Crippen LogP contribution in [0, 0.1) is 0 Å². The van der Waals surface area contributed by atoms with E-state index in [2.05, 4.69) is 0 Å². The molecule has 0 aliphatic rings. The van der Waals surface area contributed by atoms with E-state index in [1.165, 1.54) is 0 Å². The molecule has 68 valence electrons. The largest absolute Gasteiger partial charge is 0.505 e. The van der Waals surface area contributed by atoms with Gasteiger partial charge in [-0.3, -0.25) is 0 Å². The number of aromatic hydroxyl groups is 2. The molecule has 0 saturated heterocycles. The fourth-order valence-electron chi connectivity index (χ4n) is 0.609. The second-order valence-electron chi connectivity index (χ2n) is 1.95. The van der Waals surface area contributed by atoms with Gasteiger partial charge in [-0.2, -0.15) is 0 Å². The van der Waals surface area contributed by atoms with Crippen molar-refractivity contribution in [1.82, 2.24) is 0 Å². The summed E-state index contributed by atoms with van der Waals surface area (Å²) in [6, 6.07) is 0. The number of benzene rings is 1. The Kier molecular flexibility index (Phi) is 11.7. The predicted octanol–water partition coefficient (Wildman–Crippen LogP) is 2.95. The predicted molar refractivity (Wildman–Crippen MR) is 61.3 cm³/mol. The molecule has 0 amide bonds. The standard InChI is InChI=1S/C6H2Cl4O2.2K/c7-1-2(8)6(12)4(10)3(9)5(1)11;;/h11-12H;;. The van der Waals surface area contributed by atoms with Crippen molar-refractivity contribution in [2.75, 3.05) is 0 Å². The van der Waals surface area contributed by atoms with Gasteiger partial charge in [-0.05, 0) is 0 Å². The Morgan fingerprint density at radius 2 is 0.714 bits per heavy atom. The number of phenolic OH excluding ortho intramolecular Hbond substituents is 2. The molecule has 1 rings (SSSR count). The molecule has 2 N–H and O–H groups in total. The molecule has 0 unspecified atom stereocenters. The second-order valence-corrected chi connectivity index (χ2v) is 3.47. The molecule has 0 aliphatic carbocycles. The summed E-state index contributed by atoms with van der Waals surface area (Å²) < 4.78 is 0. The Morgan fingerprint density at radius 3 is 0.857 bits per heavy atom. The van der Waals surface area contributed by atoms with Crippen molar-refractivity contribution < 1.29 is 10.2 Å². The Bertz CT molecular complexity index is 240. The summed E-state index contributed by atoms with van der Waals surface area (Å²) in [7, 11) is 0. The summed E-state index contributed by atoms with van der Waals surface area (Å²) in [6.07, 6.45) is 0. The van der Waals surface area contributed by atoms with Gasteiger partial charge in [0, 0.05) is 103 Å². The molecule has 0 aromatic heterocycles. The van der Waals surface area contributed by atoms with Gasteiger partial charge in [-0.1, -0.05) is 46.4 Å². The summed E-state index contributed by atoms with van der Waals surface area (Å²) in [5.74, 6) is -0.878. The normalized spacial score (nSPS) is 8.86. The Morgan fingerprint density at radius 1 is 0.571 bits per heavy atom. The number of rotatable bonds is 0. The van der Waals surface area contributed by atoms with Crippen LogP contribution in [0.25, 0.3) is 0 Å². The van der Waals surface area contributed by atoms with Gasteiger partial charge in [0.25, 0.3) is 0 Å². The molecule has 0 spiro atoms. The van der Waals surface area contributed by atoms with Crippen molar-refractivity contribution >= 4 is 149 Å². The van der Waals surface area contributed by atoms with Crippen molar-refractivity contribution in [2.24, 2.45) is 0 Å².